The normalized spacial score (nSPS) is 19.7. The summed E-state index contributed by atoms with van der Waals surface area (Å²) < 4.78 is 0. The molecule has 0 saturated carbocycles. The molecule has 2 rings (SSSR count). The molecular weight excluding hydrogens is 264 g/mol. The largest absolute Gasteiger partial charge is 0.310 e. The number of aryl methyl sites for hydroxylation is 1. The number of piperidine rings is 1. The van der Waals surface area contributed by atoms with Crippen LogP contribution in [0.25, 0.3) is 0 Å². The zero-order chi connectivity index (χ0) is 14.8. The van der Waals surface area contributed by atoms with Crippen LogP contribution in [0.2, 0.25) is 0 Å². The van der Waals surface area contributed by atoms with Gasteiger partial charge in [0.1, 0.15) is 0 Å². The van der Waals surface area contributed by atoms with Gasteiger partial charge in [-0.05, 0) is 49.9 Å². The first kappa shape index (κ1) is 16.0. The summed E-state index contributed by atoms with van der Waals surface area (Å²) >= 11 is 1.96. The zero-order valence-corrected chi connectivity index (χ0v) is 14.6. The minimum Gasteiger partial charge on any atom is -0.310 e. The van der Waals surface area contributed by atoms with Gasteiger partial charge in [0, 0.05) is 28.9 Å². The second-order valence-corrected chi connectivity index (χ2v) is 8.61. The molecule has 0 aliphatic carbocycles. The third kappa shape index (κ3) is 4.57. The molecule has 114 valence electrons. The van der Waals surface area contributed by atoms with Crippen LogP contribution < -0.4 is 5.32 Å². The van der Waals surface area contributed by atoms with Crippen molar-refractivity contribution in [1.29, 1.82) is 0 Å². The van der Waals surface area contributed by atoms with Gasteiger partial charge in [0.2, 0.25) is 0 Å². The summed E-state index contributed by atoms with van der Waals surface area (Å²) in [6.45, 7) is 16.1. The van der Waals surface area contributed by atoms with Gasteiger partial charge in [0.25, 0.3) is 0 Å². The molecular formula is C17H30N2S. The van der Waals surface area contributed by atoms with E-state index < -0.39 is 0 Å². The summed E-state index contributed by atoms with van der Waals surface area (Å²) in [6, 6.07) is 2.97. The predicted octanol–water partition coefficient (Wildman–Crippen LogP) is 4.18. The van der Waals surface area contributed by atoms with Crippen molar-refractivity contribution in [2.75, 3.05) is 13.1 Å². The Morgan fingerprint density at radius 1 is 1.30 bits per heavy atom. The lowest BCUT2D eigenvalue weighted by Crippen LogP contribution is -2.36. The Balaban J connectivity index is 1.90. The number of nitrogens with one attached hydrogen (secondary N) is 1. The van der Waals surface area contributed by atoms with Crippen LogP contribution in [0.3, 0.4) is 0 Å². The lowest BCUT2D eigenvalue weighted by atomic mass is 9.82. The highest BCUT2D eigenvalue weighted by Gasteiger charge is 2.25. The summed E-state index contributed by atoms with van der Waals surface area (Å²) in [7, 11) is 0. The molecule has 0 aromatic carbocycles. The summed E-state index contributed by atoms with van der Waals surface area (Å²) in [6.07, 6.45) is 2.66. The Labute approximate surface area is 128 Å². The third-order valence-electron chi connectivity index (χ3n) is 4.36. The second-order valence-electron chi connectivity index (χ2n) is 7.27. The van der Waals surface area contributed by atoms with Crippen LogP contribution in [-0.4, -0.2) is 24.0 Å². The molecule has 0 amide bonds. The summed E-state index contributed by atoms with van der Waals surface area (Å²) in [4.78, 5) is 5.60. The van der Waals surface area contributed by atoms with E-state index in [9.17, 15) is 0 Å². The molecule has 20 heavy (non-hydrogen) atoms. The maximum atomic E-state index is 3.51. The van der Waals surface area contributed by atoms with Crippen molar-refractivity contribution in [2.24, 2.45) is 5.41 Å². The van der Waals surface area contributed by atoms with Gasteiger partial charge in [-0.25, -0.2) is 0 Å². The molecule has 2 heterocycles. The van der Waals surface area contributed by atoms with Crippen molar-refractivity contribution in [3.8, 4) is 0 Å². The highest BCUT2D eigenvalue weighted by Crippen LogP contribution is 2.31. The Morgan fingerprint density at radius 3 is 2.55 bits per heavy atom. The smallest absolute Gasteiger partial charge is 0.0302 e. The van der Waals surface area contributed by atoms with Gasteiger partial charge in [0.15, 0.2) is 0 Å². The number of nitrogens with zero attached hydrogens (tertiary/aromatic N) is 1. The molecule has 1 aromatic heterocycles. The molecule has 1 fully saturated rings. The van der Waals surface area contributed by atoms with Gasteiger partial charge in [-0.3, -0.25) is 4.90 Å². The van der Waals surface area contributed by atoms with E-state index in [0.29, 0.717) is 11.5 Å². The van der Waals surface area contributed by atoms with Gasteiger partial charge in [0.05, 0.1) is 0 Å². The van der Waals surface area contributed by atoms with Gasteiger partial charge >= 0.3 is 0 Å². The SMILES string of the molecule is Cc1sc(CNC(C)C)cc1CN1CCC(C)(C)CC1. The van der Waals surface area contributed by atoms with E-state index in [1.54, 1.807) is 0 Å². The number of hydrogen-bond donors (Lipinski definition) is 1. The molecule has 2 nitrogen and oxygen atoms in total. The van der Waals surface area contributed by atoms with Gasteiger partial charge in [-0.1, -0.05) is 27.7 Å². The first-order valence-electron chi connectivity index (χ1n) is 7.90. The van der Waals surface area contributed by atoms with E-state index in [-0.39, 0.29) is 0 Å². The third-order valence-corrected chi connectivity index (χ3v) is 5.45. The molecule has 0 bridgehead atoms. The van der Waals surface area contributed by atoms with E-state index in [1.165, 1.54) is 41.2 Å². The van der Waals surface area contributed by atoms with Crippen molar-refractivity contribution < 1.29 is 0 Å². The minimum absolute atomic E-state index is 0.548. The highest BCUT2D eigenvalue weighted by molar-refractivity contribution is 7.12. The number of hydrogen-bond acceptors (Lipinski definition) is 3. The number of likely N-dealkylation sites (tertiary alicyclic amines) is 1. The number of thiophene rings is 1. The van der Waals surface area contributed by atoms with Crippen LogP contribution >= 0.6 is 11.3 Å². The first-order valence-corrected chi connectivity index (χ1v) is 8.71. The second kappa shape index (κ2) is 6.59. The maximum Gasteiger partial charge on any atom is 0.0302 e. The minimum atomic E-state index is 0.548. The quantitative estimate of drug-likeness (QED) is 0.876. The van der Waals surface area contributed by atoms with E-state index in [0.717, 1.165) is 13.1 Å². The fraction of sp³-hybridized carbons (Fsp3) is 0.765. The molecule has 0 spiro atoms. The summed E-state index contributed by atoms with van der Waals surface area (Å²) in [5, 5.41) is 3.51. The maximum absolute atomic E-state index is 3.51. The Morgan fingerprint density at radius 2 is 1.95 bits per heavy atom. The van der Waals surface area contributed by atoms with Crippen molar-refractivity contribution in [1.82, 2.24) is 10.2 Å². The fourth-order valence-corrected chi connectivity index (χ4v) is 3.70. The van der Waals surface area contributed by atoms with Crippen LogP contribution in [0.1, 0.15) is 55.9 Å². The van der Waals surface area contributed by atoms with Crippen LogP contribution in [-0.2, 0) is 13.1 Å². The molecule has 0 unspecified atom stereocenters. The molecule has 1 aliphatic rings. The Kier molecular flexibility index (Phi) is 5.27. The highest BCUT2D eigenvalue weighted by atomic mass is 32.1. The van der Waals surface area contributed by atoms with Crippen LogP contribution in [0.5, 0.6) is 0 Å². The monoisotopic (exact) mass is 294 g/mol. The van der Waals surface area contributed by atoms with Gasteiger partial charge < -0.3 is 5.32 Å². The Hall–Kier alpha value is -0.380. The molecule has 0 radical (unpaired) electrons. The average Bonchev–Trinajstić information content (AvgIpc) is 2.70. The van der Waals surface area contributed by atoms with Crippen molar-refractivity contribution in [3.05, 3.63) is 21.4 Å². The zero-order valence-electron chi connectivity index (χ0n) is 13.8. The predicted molar refractivity (Wildman–Crippen MR) is 89.3 cm³/mol. The standard InChI is InChI=1S/C17H30N2S/c1-13(2)18-11-16-10-15(14(3)20-16)12-19-8-6-17(4,5)7-9-19/h10,13,18H,6-9,11-12H2,1-5H3. The molecule has 0 atom stereocenters. The fourth-order valence-electron chi connectivity index (χ4n) is 2.69. The van der Waals surface area contributed by atoms with Crippen molar-refractivity contribution in [3.63, 3.8) is 0 Å². The molecule has 1 saturated heterocycles. The van der Waals surface area contributed by atoms with Crippen LogP contribution in [0.4, 0.5) is 0 Å². The van der Waals surface area contributed by atoms with Gasteiger partial charge in [-0.2, -0.15) is 0 Å². The lowest BCUT2D eigenvalue weighted by Gasteiger charge is -2.36. The van der Waals surface area contributed by atoms with Crippen LogP contribution in [0, 0.1) is 12.3 Å². The van der Waals surface area contributed by atoms with E-state index in [1.807, 2.05) is 11.3 Å². The summed E-state index contributed by atoms with van der Waals surface area (Å²) in [5.41, 5.74) is 2.09. The molecule has 3 heteroatoms. The Bertz CT molecular complexity index is 424. The molecule has 1 N–H and O–H groups in total. The topological polar surface area (TPSA) is 15.3 Å². The average molecular weight is 295 g/mol. The lowest BCUT2D eigenvalue weighted by molar-refractivity contribution is 0.127. The van der Waals surface area contributed by atoms with Crippen LogP contribution in [0.15, 0.2) is 6.07 Å². The van der Waals surface area contributed by atoms with E-state index >= 15 is 0 Å². The van der Waals surface area contributed by atoms with E-state index in [4.69, 9.17) is 0 Å². The molecule has 1 aliphatic heterocycles. The van der Waals surface area contributed by atoms with E-state index in [2.05, 4.69) is 50.9 Å². The first-order chi connectivity index (χ1) is 9.35. The number of rotatable bonds is 5. The summed E-state index contributed by atoms with van der Waals surface area (Å²) in [5.74, 6) is 0. The van der Waals surface area contributed by atoms with Crippen molar-refractivity contribution in [2.45, 2.75) is 66.6 Å². The molecule has 1 aromatic rings. The van der Waals surface area contributed by atoms with Crippen molar-refractivity contribution >= 4 is 11.3 Å². The van der Waals surface area contributed by atoms with Gasteiger partial charge in [-0.15, -0.1) is 11.3 Å².